The third-order valence-electron chi connectivity index (χ3n) is 4.39. The molecule has 1 N–H and O–H groups in total. The van der Waals surface area contributed by atoms with E-state index in [-0.39, 0.29) is 5.97 Å². The third kappa shape index (κ3) is 4.26. The van der Waals surface area contributed by atoms with Crippen molar-refractivity contribution in [3.8, 4) is 0 Å². The van der Waals surface area contributed by atoms with Crippen molar-refractivity contribution in [2.45, 2.75) is 32.7 Å². The topological polar surface area (TPSA) is 67.3 Å². The zero-order chi connectivity index (χ0) is 17.6. The first-order valence-corrected chi connectivity index (χ1v) is 8.73. The molecule has 1 fully saturated rings. The van der Waals surface area contributed by atoms with Gasteiger partial charge < -0.3 is 15.0 Å². The largest absolute Gasteiger partial charge is 0.462 e. The number of carbonyl (C=O) groups excluding carboxylic acids is 1. The van der Waals surface area contributed by atoms with Gasteiger partial charge in [0.25, 0.3) is 0 Å². The van der Waals surface area contributed by atoms with Crippen molar-refractivity contribution in [3.63, 3.8) is 0 Å². The van der Waals surface area contributed by atoms with Crippen molar-refractivity contribution in [2.75, 3.05) is 29.9 Å². The van der Waals surface area contributed by atoms with Gasteiger partial charge in [-0.05, 0) is 56.5 Å². The fraction of sp³-hybridized carbons (Fsp3) is 0.421. The first-order valence-electron chi connectivity index (χ1n) is 8.73. The third-order valence-corrected chi connectivity index (χ3v) is 4.39. The van der Waals surface area contributed by atoms with Crippen molar-refractivity contribution in [2.24, 2.45) is 0 Å². The fourth-order valence-corrected chi connectivity index (χ4v) is 3.17. The zero-order valence-corrected chi connectivity index (χ0v) is 14.7. The van der Waals surface area contributed by atoms with E-state index in [1.165, 1.54) is 0 Å². The Kier molecular flexibility index (Phi) is 5.48. The van der Waals surface area contributed by atoms with E-state index in [4.69, 9.17) is 4.74 Å². The number of hydrogen-bond acceptors (Lipinski definition) is 6. The molecular weight excluding hydrogens is 316 g/mol. The molecule has 0 spiro atoms. The van der Waals surface area contributed by atoms with Crippen LogP contribution < -0.4 is 10.2 Å². The van der Waals surface area contributed by atoms with Gasteiger partial charge >= 0.3 is 5.97 Å². The average Bonchev–Trinajstić information content (AvgIpc) is 2.63. The molecule has 6 heteroatoms. The van der Waals surface area contributed by atoms with Crippen molar-refractivity contribution < 1.29 is 9.53 Å². The lowest BCUT2D eigenvalue weighted by Crippen LogP contribution is -2.42. The number of esters is 1. The van der Waals surface area contributed by atoms with E-state index < -0.39 is 0 Å². The molecule has 0 bridgehead atoms. The molecule has 1 aliphatic heterocycles. The van der Waals surface area contributed by atoms with Crippen molar-refractivity contribution in [3.05, 3.63) is 47.8 Å². The van der Waals surface area contributed by atoms with Gasteiger partial charge in [0, 0.05) is 37.2 Å². The van der Waals surface area contributed by atoms with E-state index in [0.29, 0.717) is 24.2 Å². The molecule has 0 radical (unpaired) electrons. The van der Waals surface area contributed by atoms with Crippen LogP contribution in [0.3, 0.4) is 0 Å². The van der Waals surface area contributed by atoms with Gasteiger partial charge in [0.2, 0.25) is 5.95 Å². The van der Waals surface area contributed by atoms with E-state index in [2.05, 4.69) is 26.3 Å². The van der Waals surface area contributed by atoms with Crippen LogP contribution in [0.15, 0.2) is 36.7 Å². The molecule has 0 aliphatic carbocycles. The van der Waals surface area contributed by atoms with Gasteiger partial charge in [0.15, 0.2) is 0 Å². The number of benzene rings is 1. The number of anilines is 2. The summed E-state index contributed by atoms with van der Waals surface area (Å²) in [6.07, 6.45) is 5.68. The maximum absolute atomic E-state index is 11.9. The minimum absolute atomic E-state index is 0.258. The molecular formula is C19H24N4O2. The summed E-state index contributed by atoms with van der Waals surface area (Å²) in [5.41, 5.74) is 2.71. The van der Waals surface area contributed by atoms with Crippen LogP contribution in [0.25, 0.3) is 0 Å². The lowest BCUT2D eigenvalue weighted by Gasteiger charge is -2.35. The number of piperidine rings is 1. The van der Waals surface area contributed by atoms with Crippen LogP contribution >= 0.6 is 0 Å². The van der Waals surface area contributed by atoms with Crippen LogP contribution in [0.2, 0.25) is 0 Å². The Morgan fingerprint density at radius 3 is 2.88 bits per heavy atom. The molecule has 1 aromatic heterocycles. The second-order valence-corrected chi connectivity index (χ2v) is 6.22. The van der Waals surface area contributed by atoms with Crippen LogP contribution in [0.4, 0.5) is 11.6 Å². The molecule has 0 saturated carbocycles. The van der Waals surface area contributed by atoms with Crippen LogP contribution in [0.5, 0.6) is 0 Å². The molecule has 2 aromatic rings. The van der Waals surface area contributed by atoms with Crippen molar-refractivity contribution >= 4 is 17.6 Å². The first-order chi connectivity index (χ1) is 12.2. The highest BCUT2D eigenvalue weighted by Crippen LogP contribution is 2.24. The van der Waals surface area contributed by atoms with E-state index >= 15 is 0 Å². The molecule has 1 atom stereocenters. The highest BCUT2D eigenvalue weighted by atomic mass is 16.5. The van der Waals surface area contributed by atoms with Crippen molar-refractivity contribution in [1.29, 1.82) is 0 Å². The summed E-state index contributed by atoms with van der Waals surface area (Å²) in [7, 11) is 0. The molecule has 1 aromatic carbocycles. The summed E-state index contributed by atoms with van der Waals surface area (Å²) in [4.78, 5) is 22.8. The summed E-state index contributed by atoms with van der Waals surface area (Å²) in [6.45, 7) is 6.05. The molecule has 0 amide bonds. The highest BCUT2D eigenvalue weighted by Gasteiger charge is 2.21. The minimum Gasteiger partial charge on any atom is -0.462 e. The highest BCUT2D eigenvalue weighted by molar-refractivity contribution is 5.91. The molecule has 6 nitrogen and oxygen atoms in total. The van der Waals surface area contributed by atoms with Crippen molar-refractivity contribution in [1.82, 2.24) is 9.97 Å². The first kappa shape index (κ1) is 17.2. The zero-order valence-electron chi connectivity index (χ0n) is 14.7. The lowest BCUT2D eigenvalue weighted by atomic mass is 10.0. The summed E-state index contributed by atoms with van der Waals surface area (Å²) in [5.74, 6) is 0.411. The van der Waals surface area contributed by atoms with E-state index in [1.807, 2.05) is 32.0 Å². The van der Waals surface area contributed by atoms with Gasteiger partial charge in [0.1, 0.15) is 0 Å². The second-order valence-electron chi connectivity index (χ2n) is 6.22. The maximum atomic E-state index is 11.9. The summed E-state index contributed by atoms with van der Waals surface area (Å²) in [6, 6.07) is 8.04. The molecule has 2 heterocycles. The molecule has 0 unspecified atom stereocenters. The lowest BCUT2D eigenvalue weighted by molar-refractivity contribution is 0.0525. The Labute approximate surface area is 148 Å². The number of rotatable bonds is 5. The number of nitrogens with one attached hydrogen (secondary N) is 1. The SMILES string of the molecule is CCOC(=O)c1ccc(N2CCC[C@H](Nc3ncccn3)C2)cc1C. The normalized spacial score (nSPS) is 17.2. The second kappa shape index (κ2) is 7.96. The minimum atomic E-state index is -0.258. The smallest absolute Gasteiger partial charge is 0.338 e. The van der Waals surface area contributed by atoms with E-state index in [9.17, 15) is 4.79 Å². The van der Waals surface area contributed by atoms with Gasteiger partial charge in [-0.15, -0.1) is 0 Å². The summed E-state index contributed by atoms with van der Waals surface area (Å²) < 4.78 is 5.10. The Balaban J connectivity index is 1.69. The van der Waals surface area contributed by atoms with Gasteiger partial charge in [-0.1, -0.05) is 0 Å². The van der Waals surface area contributed by atoms with Gasteiger partial charge in [-0.25, -0.2) is 14.8 Å². The van der Waals surface area contributed by atoms with Crippen LogP contribution in [-0.2, 0) is 4.74 Å². The quantitative estimate of drug-likeness (QED) is 0.844. The molecule has 132 valence electrons. The molecule has 1 saturated heterocycles. The number of aromatic nitrogens is 2. The summed E-state index contributed by atoms with van der Waals surface area (Å²) >= 11 is 0. The predicted octanol–water partition coefficient (Wildman–Crippen LogP) is 3.04. The monoisotopic (exact) mass is 340 g/mol. The number of hydrogen-bond donors (Lipinski definition) is 1. The number of carbonyl (C=O) groups is 1. The predicted molar refractivity (Wildman–Crippen MR) is 98.0 cm³/mol. The van der Waals surface area contributed by atoms with Gasteiger partial charge in [-0.2, -0.15) is 0 Å². The fourth-order valence-electron chi connectivity index (χ4n) is 3.17. The van der Waals surface area contributed by atoms with Crippen LogP contribution in [0, 0.1) is 6.92 Å². The molecule has 1 aliphatic rings. The van der Waals surface area contributed by atoms with Gasteiger partial charge in [0.05, 0.1) is 12.2 Å². The number of nitrogens with zero attached hydrogens (tertiary/aromatic N) is 3. The Morgan fingerprint density at radius 2 is 2.16 bits per heavy atom. The Hall–Kier alpha value is -2.63. The van der Waals surface area contributed by atoms with Crippen LogP contribution in [0.1, 0.15) is 35.7 Å². The molecule has 3 rings (SSSR count). The Bertz CT molecular complexity index is 721. The molecule has 25 heavy (non-hydrogen) atoms. The number of ether oxygens (including phenoxy) is 1. The van der Waals surface area contributed by atoms with Crippen LogP contribution in [-0.4, -0.2) is 41.7 Å². The summed E-state index contributed by atoms with van der Waals surface area (Å²) in [5, 5.41) is 3.40. The Morgan fingerprint density at radius 1 is 1.36 bits per heavy atom. The van der Waals surface area contributed by atoms with Gasteiger partial charge in [-0.3, -0.25) is 0 Å². The van der Waals surface area contributed by atoms with E-state index in [1.54, 1.807) is 12.4 Å². The maximum Gasteiger partial charge on any atom is 0.338 e. The number of aryl methyl sites for hydroxylation is 1. The van der Waals surface area contributed by atoms with E-state index in [0.717, 1.165) is 37.2 Å². The average molecular weight is 340 g/mol. The standard InChI is InChI=1S/C19H24N4O2/c1-3-25-18(24)17-8-7-16(12-14(17)2)23-11-4-6-15(13-23)22-19-20-9-5-10-21-19/h5,7-10,12,15H,3-4,6,11,13H2,1-2H3,(H,20,21,22)/t15-/m0/s1.